The summed E-state index contributed by atoms with van der Waals surface area (Å²) >= 11 is 0. The molecule has 7 rings (SSSR count). The number of ether oxygens (including phenoxy) is 2. The minimum absolute atomic E-state index is 0.0705. The molecule has 0 spiro atoms. The molecule has 0 radical (unpaired) electrons. The molecule has 3 heterocycles. The first kappa shape index (κ1) is 56.7. The fourth-order valence-corrected chi connectivity index (χ4v) is 11.5. The number of benzene rings is 4. The van der Waals surface area contributed by atoms with Crippen LogP contribution >= 0.6 is 23.5 Å². The Balaban J connectivity index is 1.04. The molecule has 27 nitrogen and oxygen atoms in total. The van der Waals surface area contributed by atoms with Gasteiger partial charge in [-0.2, -0.15) is 13.6 Å². The van der Waals surface area contributed by atoms with Gasteiger partial charge in [0.15, 0.2) is 0 Å². The normalized spacial score (nSPS) is 17.7. The highest BCUT2D eigenvalue weighted by molar-refractivity contribution is 7.67. The van der Waals surface area contributed by atoms with Gasteiger partial charge in [-0.3, -0.25) is 28.5 Å². The van der Waals surface area contributed by atoms with Gasteiger partial charge in [-0.15, -0.1) is 0 Å². The van der Waals surface area contributed by atoms with Crippen LogP contribution < -0.4 is 27.8 Å². The Morgan fingerprint density at radius 2 is 1.78 bits per heavy atom. The van der Waals surface area contributed by atoms with Gasteiger partial charge >= 0.3 is 35.1 Å². The molecule has 30 heteroatoms. The van der Waals surface area contributed by atoms with Crippen LogP contribution in [0.3, 0.4) is 0 Å². The first-order valence-corrected chi connectivity index (χ1v) is 26.9. The summed E-state index contributed by atoms with van der Waals surface area (Å²) in [6, 6.07) is 17.8. The standard InChI is InChI=1S/C46H48N7O20P3/c1-24(2)15-37(68-22-27-21-52(46(58)51-43(27)49)41-20-36(54)40(71-41)23-69-75(64,65)73-76(66,67-3)72-74(61,62)63)31-10-6-25(16-35(31)53(59)60)5-4-14-50-44(55)26-7-11-30(45(56)57)34(17-26)42-32-12-8-28(47)18-38(32)70-39-19-29(48)9-13-33(39)42/h6-13,16-19,21,24,36-37,40-41,47,54H,14-15,20,22-23,48H2,1-3H3,(H,50,55)(H,56,57)(H,64,65)(H2,49,51,58)(H2,61,62,63)/t36-,37?,40-,41-,76?/m1/s1. The number of aliphatic hydroxyl groups excluding tert-OH is 1. The Kier molecular flexibility index (Phi) is 17.2. The number of aromatic carboxylic acids is 1. The SMILES string of the molecule is COP(=O)(OP(=O)(O)O)OP(=O)(O)OC[C@H]1O[C@@H](n2cc(COC(CC(C)C)c3ccc(C#CCNC(=O)c4ccc(C(=O)O)c(-c5c6ccc(=N)cc-6oc6cc(N)ccc56)c4)cc3[N+](=O)[O-])c(N)nc2=O)C[C@H]1O. The predicted octanol–water partition coefficient (Wildman–Crippen LogP) is 5.74. The van der Waals surface area contributed by atoms with Crippen molar-refractivity contribution in [2.75, 3.05) is 31.7 Å². The van der Waals surface area contributed by atoms with E-state index in [1.807, 2.05) is 13.8 Å². The van der Waals surface area contributed by atoms with E-state index in [9.17, 15) is 53.3 Å². The van der Waals surface area contributed by atoms with Gasteiger partial charge in [0.1, 0.15) is 29.5 Å². The van der Waals surface area contributed by atoms with Gasteiger partial charge in [0.2, 0.25) is 0 Å². The number of rotatable bonds is 20. The predicted molar refractivity (Wildman–Crippen MR) is 267 cm³/mol. The maximum Gasteiger partial charge on any atom is 0.492 e. The maximum atomic E-state index is 13.5. The lowest BCUT2D eigenvalue weighted by Gasteiger charge is -2.22. The van der Waals surface area contributed by atoms with E-state index in [2.05, 4.69) is 35.3 Å². The number of carbonyl (C=O) groups excluding carboxylic acids is 1. The van der Waals surface area contributed by atoms with E-state index in [4.69, 9.17) is 45.1 Å². The van der Waals surface area contributed by atoms with E-state index in [0.717, 1.165) is 4.57 Å². The summed E-state index contributed by atoms with van der Waals surface area (Å²) in [5, 5.41) is 44.9. The minimum atomic E-state index is -5.55. The number of carboxylic acid groups (broad SMARTS) is 1. The molecular formula is C46H48N7O20P3. The molecule has 2 aliphatic heterocycles. The first-order chi connectivity index (χ1) is 35.7. The van der Waals surface area contributed by atoms with Gasteiger partial charge in [0.25, 0.3) is 11.6 Å². The third-order valence-corrected chi connectivity index (χ3v) is 15.6. The van der Waals surface area contributed by atoms with Crippen LogP contribution in [0.25, 0.3) is 33.4 Å². The van der Waals surface area contributed by atoms with Crippen LogP contribution in [0.5, 0.6) is 0 Å². The topological polar surface area (TPSA) is 421 Å². The zero-order chi connectivity index (χ0) is 55.4. The number of fused-ring (bicyclic) bond motifs is 2. The van der Waals surface area contributed by atoms with Crippen LogP contribution in [0.4, 0.5) is 17.2 Å². The van der Waals surface area contributed by atoms with Crippen molar-refractivity contribution in [3.8, 4) is 34.3 Å². The molecule has 3 aromatic carbocycles. The molecule has 402 valence electrons. The van der Waals surface area contributed by atoms with E-state index in [0.29, 0.717) is 40.7 Å². The van der Waals surface area contributed by atoms with Crippen LogP contribution in [-0.2, 0) is 47.4 Å². The van der Waals surface area contributed by atoms with E-state index >= 15 is 0 Å². The van der Waals surface area contributed by atoms with Crippen molar-refractivity contribution >= 4 is 63.5 Å². The van der Waals surface area contributed by atoms with Crippen molar-refractivity contribution in [1.29, 1.82) is 5.41 Å². The number of amides is 1. The second-order valence-corrected chi connectivity index (χ2v) is 22.0. The number of phosphoric ester groups is 1. The number of phosphoric acid groups is 3. The van der Waals surface area contributed by atoms with Gasteiger partial charge < -0.3 is 61.0 Å². The summed E-state index contributed by atoms with van der Waals surface area (Å²) in [5.41, 5.74) is 13.2. The van der Waals surface area contributed by atoms with E-state index < -0.39 is 77.1 Å². The molecule has 0 bridgehead atoms. The molecule has 1 aromatic heterocycles. The Hall–Kier alpha value is -6.98. The summed E-state index contributed by atoms with van der Waals surface area (Å²) in [6.45, 7) is 2.20. The fourth-order valence-electron chi connectivity index (χ4n) is 8.01. The summed E-state index contributed by atoms with van der Waals surface area (Å²) in [4.78, 5) is 82.7. The van der Waals surface area contributed by atoms with E-state index in [1.54, 1.807) is 24.3 Å². The molecule has 3 aliphatic rings. The van der Waals surface area contributed by atoms with Crippen molar-refractivity contribution < 1.29 is 84.7 Å². The zero-order valence-electron chi connectivity index (χ0n) is 40.1. The summed E-state index contributed by atoms with van der Waals surface area (Å²) in [7, 11) is -15.7. The minimum Gasteiger partial charge on any atom is -0.478 e. The molecule has 3 unspecified atom stereocenters. The summed E-state index contributed by atoms with van der Waals surface area (Å²) in [6.07, 6.45) is -3.94. The van der Waals surface area contributed by atoms with Crippen molar-refractivity contribution in [2.45, 2.75) is 57.8 Å². The lowest BCUT2D eigenvalue weighted by atomic mass is 9.89. The number of hydrogen-bond donors (Lipinski definition) is 9. The molecule has 1 saturated heterocycles. The monoisotopic (exact) mass is 1110 g/mol. The molecule has 0 saturated carbocycles. The molecule has 76 heavy (non-hydrogen) atoms. The van der Waals surface area contributed by atoms with Crippen molar-refractivity contribution in [3.05, 3.63) is 133 Å². The second kappa shape index (κ2) is 23.1. The van der Waals surface area contributed by atoms with Crippen LogP contribution in [0, 0.1) is 33.3 Å². The molecule has 1 fully saturated rings. The molecular weight excluding hydrogens is 1060 g/mol. The van der Waals surface area contributed by atoms with Gasteiger partial charge in [-0.25, -0.2) is 23.3 Å². The number of aromatic nitrogens is 2. The molecule has 6 atom stereocenters. The van der Waals surface area contributed by atoms with Gasteiger partial charge in [0, 0.05) is 76.8 Å². The van der Waals surface area contributed by atoms with Crippen molar-refractivity contribution in [3.63, 3.8) is 0 Å². The van der Waals surface area contributed by atoms with E-state index in [-0.39, 0.29) is 82.2 Å². The average Bonchev–Trinajstić information content (AvgIpc) is 3.71. The number of nitro benzene ring substituents is 1. The molecule has 11 N–H and O–H groups in total. The number of nitrogen functional groups attached to an aromatic ring is 2. The number of hydrogen-bond acceptors (Lipinski definition) is 20. The van der Waals surface area contributed by atoms with Crippen LogP contribution in [-0.4, -0.2) is 83.7 Å². The molecule has 1 aliphatic carbocycles. The smallest absolute Gasteiger partial charge is 0.478 e. The molecule has 1 amide bonds. The number of aliphatic hydroxyl groups is 1. The first-order valence-electron chi connectivity index (χ1n) is 22.4. The fraction of sp³-hybridized carbons (Fsp3) is 0.283. The lowest BCUT2D eigenvalue weighted by molar-refractivity contribution is -0.386. The quantitative estimate of drug-likeness (QED) is 0.0110. The Bertz CT molecular complexity index is 3550. The maximum absolute atomic E-state index is 13.5. The Morgan fingerprint density at radius 1 is 1.03 bits per heavy atom. The number of nitrogens with zero attached hydrogens (tertiary/aromatic N) is 3. The number of carbonyl (C=O) groups is 2. The van der Waals surface area contributed by atoms with Crippen LogP contribution in [0.1, 0.15) is 76.4 Å². The van der Waals surface area contributed by atoms with Gasteiger partial charge in [-0.05, 0) is 72.5 Å². The highest BCUT2D eigenvalue weighted by atomic mass is 31.3. The van der Waals surface area contributed by atoms with Crippen molar-refractivity contribution in [1.82, 2.24) is 14.9 Å². The lowest BCUT2D eigenvalue weighted by Crippen LogP contribution is -2.29. The molecule has 4 aromatic rings. The Morgan fingerprint density at radius 3 is 2.46 bits per heavy atom. The third kappa shape index (κ3) is 13.7. The van der Waals surface area contributed by atoms with Crippen LogP contribution in [0.2, 0.25) is 0 Å². The number of carboxylic acids is 1. The van der Waals surface area contributed by atoms with Gasteiger partial charge in [0.05, 0.1) is 53.4 Å². The Labute approximate surface area is 429 Å². The third-order valence-electron chi connectivity index (χ3n) is 11.4. The highest BCUT2D eigenvalue weighted by Gasteiger charge is 2.44. The van der Waals surface area contributed by atoms with Crippen molar-refractivity contribution in [2.24, 2.45) is 5.92 Å². The van der Waals surface area contributed by atoms with E-state index in [1.165, 1.54) is 54.7 Å². The average molecular weight is 1110 g/mol. The largest absolute Gasteiger partial charge is 0.492 e. The van der Waals surface area contributed by atoms with Crippen LogP contribution in [0.15, 0.2) is 88.2 Å². The summed E-state index contributed by atoms with van der Waals surface area (Å²) < 4.78 is 71.8. The number of nitro groups is 1. The number of nitrogens with two attached hydrogens (primary N) is 2. The highest BCUT2D eigenvalue weighted by Crippen LogP contribution is 2.68. The zero-order valence-corrected chi connectivity index (χ0v) is 42.8. The number of nitrogens with one attached hydrogen (secondary N) is 2. The van der Waals surface area contributed by atoms with Gasteiger partial charge in [-0.1, -0.05) is 25.7 Å². The second-order valence-electron chi connectivity index (χ2n) is 17.3. The summed E-state index contributed by atoms with van der Waals surface area (Å²) in [5.74, 6) is 3.68. The number of anilines is 2.